The zero-order valence-corrected chi connectivity index (χ0v) is 14.5. The number of carbonyl (C=O) groups excluding carboxylic acids is 1. The molecule has 0 saturated heterocycles. The van der Waals surface area contributed by atoms with Crippen molar-refractivity contribution in [3.05, 3.63) is 58.1 Å². The maximum absolute atomic E-state index is 12.2. The van der Waals surface area contributed by atoms with Crippen molar-refractivity contribution in [2.24, 2.45) is 0 Å². The van der Waals surface area contributed by atoms with E-state index in [0.29, 0.717) is 31.1 Å². The standard InChI is InChI=1S/C18H19N3O2S/c1-13-5-7-14(8-6-13)18-19-16(23-20-18)9-10-17(22)21(2)12-15-4-3-11-24-15/h3-8,11H,9-10,12H2,1-2H3. The molecule has 2 heterocycles. The van der Waals surface area contributed by atoms with Crippen LogP contribution in [0.2, 0.25) is 0 Å². The van der Waals surface area contributed by atoms with E-state index in [1.807, 2.05) is 55.7 Å². The summed E-state index contributed by atoms with van der Waals surface area (Å²) >= 11 is 1.65. The van der Waals surface area contributed by atoms with Crippen LogP contribution in [0.1, 0.15) is 22.8 Å². The first-order valence-corrected chi connectivity index (χ1v) is 8.66. The third-order valence-corrected chi connectivity index (χ3v) is 4.59. The fourth-order valence-corrected chi connectivity index (χ4v) is 3.06. The SMILES string of the molecule is Cc1ccc(-c2noc(CCC(=O)N(C)Cc3cccs3)n2)cc1. The summed E-state index contributed by atoms with van der Waals surface area (Å²) in [6.07, 6.45) is 0.809. The molecule has 24 heavy (non-hydrogen) atoms. The number of aromatic nitrogens is 2. The number of carbonyl (C=O) groups is 1. The predicted molar refractivity (Wildman–Crippen MR) is 93.6 cm³/mol. The van der Waals surface area contributed by atoms with Crippen LogP contribution in [-0.2, 0) is 17.8 Å². The fraction of sp³-hybridized carbons (Fsp3) is 0.278. The van der Waals surface area contributed by atoms with E-state index >= 15 is 0 Å². The minimum absolute atomic E-state index is 0.0680. The van der Waals surface area contributed by atoms with Gasteiger partial charge in [-0.1, -0.05) is 41.1 Å². The van der Waals surface area contributed by atoms with Crippen LogP contribution in [0.4, 0.5) is 0 Å². The van der Waals surface area contributed by atoms with Gasteiger partial charge in [0.1, 0.15) is 0 Å². The van der Waals surface area contributed by atoms with Crippen molar-refractivity contribution in [3.8, 4) is 11.4 Å². The molecule has 124 valence electrons. The summed E-state index contributed by atoms with van der Waals surface area (Å²) in [5.74, 6) is 1.12. The van der Waals surface area contributed by atoms with Crippen molar-refractivity contribution in [1.82, 2.24) is 15.0 Å². The van der Waals surface area contributed by atoms with Crippen LogP contribution in [0.15, 0.2) is 46.3 Å². The molecule has 3 rings (SSSR count). The molecule has 0 radical (unpaired) electrons. The predicted octanol–water partition coefficient (Wildman–Crippen LogP) is 3.70. The average molecular weight is 341 g/mol. The second-order valence-electron chi connectivity index (χ2n) is 5.71. The molecule has 0 aliphatic heterocycles. The Bertz CT molecular complexity index is 794. The highest BCUT2D eigenvalue weighted by Gasteiger charge is 2.13. The molecule has 0 bridgehead atoms. The van der Waals surface area contributed by atoms with Gasteiger partial charge in [0.15, 0.2) is 0 Å². The lowest BCUT2D eigenvalue weighted by Crippen LogP contribution is -2.26. The molecule has 0 aliphatic carbocycles. The van der Waals surface area contributed by atoms with Gasteiger partial charge in [-0.25, -0.2) is 0 Å². The summed E-state index contributed by atoms with van der Waals surface area (Å²) in [4.78, 5) is 19.5. The molecule has 0 atom stereocenters. The molecule has 1 amide bonds. The summed E-state index contributed by atoms with van der Waals surface area (Å²) in [5.41, 5.74) is 2.10. The Balaban J connectivity index is 1.55. The van der Waals surface area contributed by atoms with Gasteiger partial charge < -0.3 is 9.42 Å². The second-order valence-corrected chi connectivity index (χ2v) is 6.74. The largest absolute Gasteiger partial charge is 0.341 e. The van der Waals surface area contributed by atoms with Gasteiger partial charge in [0.25, 0.3) is 0 Å². The van der Waals surface area contributed by atoms with Crippen LogP contribution in [0.5, 0.6) is 0 Å². The van der Waals surface area contributed by atoms with E-state index < -0.39 is 0 Å². The third kappa shape index (κ3) is 4.08. The molecular weight excluding hydrogens is 322 g/mol. The van der Waals surface area contributed by atoms with Gasteiger partial charge in [0, 0.05) is 30.3 Å². The van der Waals surface area contributed by atoms with Gasteiger partial charge >= 0.3 is 0 Å². The van der Waals surface area contributed by atoms with Crippen molar-refractivity contribution < 1.29 is 9.32 Å². The zero-order valence-electron chi connectivity index (χ0n) is 13.7. The van der Waals surface area contributed by atoms with E-state index in [1.54, 1.807) is 16.2 Å². The van der Waals surface area contributed by atoms with E-state index in [4.69, 9.17) is 4.52 Å². The Morgan fingerprint density at radius 2 is 2.04 bits per heavy atom. The molecule has 3 aromatic rings. The monoisotopic (exact) mass is 341 g/mol. The molecule has 5 nitrogen and oxygen atoms in total. The van der Waals surface area contributed by atoms with Crippen LogP contribution < -0.4 is 0 Å². The van der Waals surface area contributed by atoms with Crippen LogP contribution in [0.25, 0.3) is 11.4 Å². The molecule has 6 heteroatoms. The minimum Gasteiger partial charge on any atom is -0.341 e. The molecule has 0 N–H and O–H groups in total. The quantitative estimate of drug-likeness (QED) is 0.686. The number of hydrogen-bond donors (Lipinski definition) is 0. The van der Waals surface area contributed by atoms with E-state index in [2.05, 4.69) is 10.1 Å². The lowest BCUT2D eigenvalue weighted by atomic mass is 10.1. The van der Waals surface area contributed by atoms with Crippen LogP contribution >= 0.6 is 11.3 Å². The van der Waals surface area contributed by atoms with E-state index in [-0.39, 0.29) is 5.91 Å². The zero-order chi connectivity index (χ0) is 16.9. The number of thiophene rings is 1. The topological polar surface area (TPSA) is 59.2 Å². The van der Waals surface area contributed by atoms with Crippen molar-refractivity contribution in [2.75, 3.05) is 7.05 Å². The van der Waals surface area contributed by atoms with Crippen molar-refractivity contribution in [2.45, 2.75) is 26.3 Å². The van der Waals surface area contributed by atoms with Gasteiger partial charge in [-0.3, -0.25) is 4.79 Å². The van der Waals surface area contributed by atoms with Crippen LogP contribution in [0.3, 0.4) is 0 Å². The normalized spacial score (nSPS) is 10.8. The first kappa shape index (κ1) is 16.4. The first-order chi connectivity index (χ1) is 11.6. The lowest BCUT2D eigenvalue weighted by molar-refractivity contribution is -0.130. The number of aryl methyl sites for hydroxylation is 2. The van der Waals surface area contributed by atoms with E-state index in [1.165, 1.54) is 10.4 Å². The molecular formula is C18H19N3O2S. The molecule has 0 unspecified atom stereocenters. The fourth-order valence-electron chi connectivity index (χ4n) is 2.31. The maximum Gasteiger partial charge on any atom is 0.227 e. The smallest absolute Gasteiger partial charge is 0.227 e. The third-order valence-electron chi connectivity index (χ3n) is 3.73. The highest BCUT2D eigenvalue weighted by Crippen LogP contribution is 2.17. The minimum atomic E-state index is 0.0680. The second kappa shape index (κ2) is 7.40. The molecule has 0 spiro atoms. The number of nitrogens with zero attached hydrogens (tertiary/aromatic N) is 3. The van der Waals surface area contributed by atoms with Gasteiger partial charge in [0.2, 0.25) is 17.6 Å². The molecule has 0 aliphatic rings. The van der Waals surface area contributed by atoms with E-state index in [0.717, 1.165) is 5.56 Å². The number of benzene rings is 1. The van der Waals surface area contributed by atoms with Crippen LogP contribution in [-0.4, -0.2) is 28.0 Å². The van der Waals surface area contributed by atoms with E-state index in [9.17, 15) is 4.79 Å². The first-order valence-electron chi connectivity index (χ1n) is 7.78. The number of hydrogen-bond acceptors (Lipinski definition) is 5. The highest BCUT2D eigenvalue weighted by molar-refractivity contribution is 7.09. The Morgan fingerprint density at radius 1 is 1.25 bits per heavy atom. The Hall–Kier alpha value is -2.47. The van der Waals surface area contributed by atoms with Crippen molar-refractivity contribution in [1.29, 1.82) is 0 Å². The Morgan fingerprint density at radius 3 is 2.75 bits per heavy atom. The number of amides is 1. The summed E-state index contributed by atoms with van der Waals surface area (Å²) < 4.78 is 5.26. The van der Waals surface area contributed by atoms with Crippen molar-refractivity contribution in [3.63, 3.8) is 0 Å². The Labute approximate surface area is 144 Å². The average Bonchev–Trinajstić information content (AvgIpc) is 3.25. The van der Waals surface area contributed by atoms with Crippen molar-refractivity contribution >= 4 is 17.2 Å². The Kier molecular flexibility index (Phi) is 5.05. The molecule has 2 aromatic heterocycles. The molecule has 0 saturated carbocycles. The molecule has 1 aromatic carbocycles. The van der Waals surface area contributed by atoms with Gasteiger partial charge in [-0.05, 0) is 18.4 Å². The van der Waals surface area contributed by atoms with Gasteiger partial charge in [-0.15, -0.1) is 11.3 Å². The van der Waals surface area contributed by atoms with Gasteiger partial charge in [0.05, 0.1) is 6.54 Å². The highest BCUT2D eigenvalue weighted by atomic mass is 32.1. The van der Waals surface area contributed by atoms with Crippen LogP contribution in [0, 0.1) is 6.92 Å². The van der Waals surface area contributed by atoms with Gasteiger partial charge in [-0.2, -0.15) is 4.98 Å². The summed E-state index contributed by atoms with van der Waals surface area (Å²) in [6, 6.07) is 12.0. The molecule has 0 fully saturated rings. The summed E-state index contributed by atoms with van der Waals surface area (Å²) in [5, 5.41) is 6.00. The number of rotatable bonds is 6. The summed E-state index contributed by atoms with van der Waals surface area (Å²) in [6.45, 7) is 2.67. The maximum atomic E-state index is 12.2. The summed E-state index contributed by atoms with van der Waals surface area (Å²) in [7, 11) is 1.81. The lowest BCUT2D eigenvalue weighted by Gasteiger charge is -2.15.